The molecule has 7 nitrogen and oxygen atoms in total. The summed E-state index contributed by atoms with van der Waals surface area (Å²) in [7, 11) is 0. The van der Waals surface area contributed by atoms with Gasteiger partial charge in [0.2, 0.25) is 12.7 Å². The van der Waals surface area contributed by atoms with Crippen LogP contribution in [0.4, 0.5) is 0 Å². The summed E-state index contributed by atoms with van der Waals surface area (Å²) in [5, 5.41) is 12.4. The molecule has 150 valence electrons. The molecule has 0 bridgehead atoms. The molecule has 4 rings (SSSR count). The summed E-state index contributed by atoms with van der Waals surface area (Å²) >= 11 is 1.35. The number of benzene rings is 2. The lowest BCUT2D eigenvalue weighted by molar-refractivity contribution is -0.119. The van der Waals surface area contributed by atoms with Crippen LogP contribution in [0.1, 0.15) is 20.8 Å². The van der Waals surface area contributed by atoms with Crippen molar-refractivity contribution in [3.63, 3.8) is 0 Å². The first-order chi connectivity index (χ1) is 13.9. The number of rotatable bonds is 5. The predicted molar refractivity (Wildman–Crippen MR) is 112 cm³/mol. The van der Waals surface area contributed by atoms with Gasteiger partial charge in [0, 0.05) is 16.8 Å². The molecule has 0 radical (unpaired) electrons. The maximum atomic E-state index is 12.3. The zero-order valence-electron chi connectivity index (χ0n) is 16.5. The molecular formula is C21H22N4O3S. The van der Waals surface area contributed by atoms with E-state index in [0.717, 1.165) is 11.3 Å². The molecule has 3 aromatic rings. The topological polar surface area (TPSA) is 78.3 Å². The van der Waals surface area contributed by atoms with Crippen molar-refractivity contribution in [2.24, 2.45) is 0 Å². The van der Waals surface area contributed by atoms with Crippen LogP contribution in [0.5, 0.6) is 11.5 Å². The number of thioether (sulfide) groups is 1. The molecule has 2 heterocycles. The summed E-state index contributed by atoms with van der Waals surface area (Å²) in [6.07, 6.45) is 0. The minimum atomic E-state index is -0.275. The molecule has 0 aliphatic carbocycles. The number of hydrogen-bond acceptors (Lipinski definition) is 6. The number of nitrogens with zero attached hydrogens (tertiary/aromatic N) is 3. The lowest BCUT2D eigenvalue weighted by Crippen LogP contribution is -2.41. The van der Waals surface area contributed by atoms with Crippen molar-refractivity contribution >= 4 is 17.7 Å². The molecule has 8 heteroatoms. The minimum Gasteiger partial charge on any atom is -0.454 e. The van der Waals surface area contributed by atoms with Crippen molar-refractivity contribution in [3.05, 3.63) is 48.5 Å². The lowest BCUT2D eigenvalue weighted by atomic mass is 10.1. The van der Waals surface area contributed by atoms with Crippen molar-refractivity contribution in [1.29, 1.82) is 0 Å². The van der Waals surface area contributed by atoms with Crippen LogP contribution in [-0.2, 0) is 4.79 Å². The third-order valence-corrected chi connectivity index (χ3v) is 5.05. The van der Waals surface area contributed by atoms with E-state index in [1.807, 2.05) is 73.9 Å². The van der Waals surface area contributed by atoms with E-state index >= 15 is 0 Å². The Morgan fingerprint density at radius 3 is 2.62 bits per heavy atom. The zero-order valence-corrected chi connectivity index (χ0v) is 17.3. The van der Waals surface area contributed by atoms with Crippen molar-refractivity contribution in [3.8, 4) is 28.6 Å². The fourth-order valence-electron chi connectivity index (χ4n) is 2.98. The molecule has 1 aliphatic rings. The van der Waals surface area contributed by atoms with Gasteiger partial charge in [0.25, 0.3) is 0 Å². The second kappa shape index (κ2) is 7.79. The molecule has 1 N–H and O–H groups in total. The average molecular weight is 410 g/mol. The summed E-state index contributed by atoms with van der Waals surface area (Å²) in [5.41, 5.74) is 1.50. The van der Waals surface area contributed by atoms with Crippen molar-refractivity contribution in [2.75, 3.05) is 12.5 Å². The Kier molecular flexibility index (Phi) is 5.19. The van der Waals surface area contributed by atoms with Crippen LogP contribution in [0.25, 0.3) is 17.1 Å². The largest absolute Gasteiger partial charge is 0.454 e. The van der Waals surface area contributed by atoms with Gasteiger partial charge in [0.05, 0.1) is 5.75 Å². The van der Waals surface area contributed by atoms with Crippen molar-refractivity contribution in [1.82, 2.24) is 20.1 Å². The Morgan fingerprint density at radius 2 is 1.86 bits per heavy atom. The summed E-state index contributed by atoms with van der Waals surface area (Å²) in [6, 6.07) is 15.5. The molecule has 1 aliphatic heterocycles. The van der Waals surface area contributed by atoms with E-state index < -0.39 is 0 Å². The van der Waals surface area contributed by atoms with E-state index in [9.17, 15) is 4.79 Å². The summed E-state index contributed by atoms with van der Waals surface area (Å²) in [4.78, 5) is 12.3. The number of aromatic nitrogens is 3. The first-order valence-electron chi connectivity index (χ1n) is 9.25. The van der Waals surface area contributed by atoms with Gasteiger partial charge in [0.1, 0.15) is 0 Å². The molecular weight excluding hydrogens is 388 g/mol. The number of hydrogen-bond donors (Lipinski definition) is 1. The molecule has 0 fully saturated rings. The molecule has 29 heavy (non-hydrogen) atoms. The second-order valence-corrected chi connectivity index (χ2v) is 8.57. The van der Waals surface area contributed by atoms with Gasteiger partial charge in [-0.2, -0.15) is 0 Å². The molecule has 2 aromatic carbocycles. The number of nitrogens with one attached hydrogen (secondary N) is 1. The van der Waals surface area contributed by atoms with Gasteiger partial charge in [0.15, 0.2) is 22.5 Å². The van der Waals surface area contributed by atoms with E-state index in [2.05, 4.69) is 15.5 Å². The fourth-order valence-corrected chi connectivity index (χ4v) is 3.73. The van der Waals surface area contributed by atoms with Gasteiger partial charge < -0.3 is 14.8 Å². The van der Waals surface area contributed by atoms with Crippen LogP contribution >= 0.6 is 11.8 Å². The first kappa shape index (κ1) is 19.3. The Morgan fingerprint density at radius 1 is 1.10 bits per heavy atom. The highest BCUT2D eigenvalue weighted by molar-refractivity contribution is 7.99. The van der Waals surface area contributed by atoms with Crippen molar-refractivity contribution < 1.29 is 14.3 Å². The SMILES string of the molecule is CC(C)(C)NC(=O)CSc1nnc(-c2ccc3c(c2)OCO3)n1-c1ccccc1. The van der Waals surface area contributed by atoms with Crippen LogP contribution < -0.4 is 14.8 Å². The monoisotopic (exact) mass is 410 g/mol. The highest BCUT2D eigenvalue weighted by atomic mass is 32.2. The van der Waals surface area contributed by atoms with Gasteiger partial charge >= 0.3 is 0 Å². The standard InChI is InChI=1S/C21H22N4O3S/c1-21(2,3)22-18(26)12-29-20-24-23-19(25(20)15-7-5-4-6-8-15)14-9-10-16-17(11-14)28-13-27-16/h4-11H,12-13H2,1-3H3,(H,22,26). The van der Waals surface area contributed by atoms with Crippen LogP contribution in [0.3, 0.4) is 0 Å². The second-order valence-electron chi connectivity index (χ2n) is 7.63. The quantitative estimate of drug-likeness (QED) is 0.647. The Balaban J connectivity index is 1.67. The van der Waals surface area contributed by atoms with Crippen LogP contribution in [0.2, 0.25) is 0 Å². The number of ether oxygens (including phenoxy) is 2. The smallest absolute Gasteiger partial charge is 0.231 e. The van der Waals surface area contributed by atoms with Crippen LogP contribution in [0, 0.1) is 0 Å². The average Bonchev–Trinajstić information content (AvgIpc) is 3.31. The molecule has 0 unspecified atom stereocenters. The lowest BCUT2D eigenvalue weighted by Gasteiger charge is -2.20. The van der Waals surface area contributed by atoms with Gasteiger partial charge in [-0.3, -0.25) is 9.36 Å². The highest BCUT2D eigenvalue weighted by Gasteiger charge is 2.21. The number of carbonyl (C=O) groups is 1. The maximum absolute atomic E-state index is 12.3. The third-order valence-electron chi connectivity index (χ3n) is 4.13. The predicted octanol–water partition coefficient (Wildman–Crippen LogP) is 3.67. The molecule has 0 saturated carbocycles. The van der Waals surface area contributed by atoms with Gasteiger partial charge in [-0.1, -0.05) is 30.0 Å². The van der Waals surface area contributed by atoms with Crippen LogP contribution in [-0.4, -0.2) is 38.8 Å². The number of amides is 1. The summed E-state index contributed by atoms with van der Waals surface area (Å²) in [5.74, 6) is 2.28. The van der Waals surface area contributed by atoms with Gasteiger partial charge in [-0.05, 0) is 51.1 Å². The van der Waals surface area contributed by atoms with Gasteiger partial charge in [-0.25, -0.2) is 0 Å². The Bertz CT molecular complexity index is 1030. The molecule has 0 spiro atoms. The van der Waals surface area contributed by atoms with E-state index in [0.29, 0.717) is 22.5 Å². The highest BCUT2D eigenvalue weighted by Crippen LogP contribution is 2.37. The van der Waals surface area contributed by atoms with E-state index in [1.165, 1.54) is 11.8 Å². The van der Waals surface area contributed by atoms with Crippen LogP contribution in [0.15, 0.2) is 53.7 Å². The van der Waals surface area contributed by atoms with E-state index in [-0.39, 0.29) is 24.0 Å². The zero-order chi connectivity index (χ0) is 20.4. The first-order valence-corrected chi connectivity index (χ1v) is 10.2. The number of carbonyl (C=O) groups excluding carboxylic acids is 1. The summed E-state index contributed by atoms with van der Waals surface area (Å²) in [6.45, 7) is 6.09. The molecule has 1 aromatic heterocycles. The molecule has 0 atom stereocenters. The summed E-state index contributed by atoms with van der Waals surface area (Å²) < 4.78 is 12.9. The molecule has 0 saturated heterocycles. The molecule has 1 amide bonds. The Hall–Kier alpha value is -3.00. The van der Waals surface area contributed by atoms with Gasteiger partial charge in [-0.15, -0.1) is 10.2 Å². The number of para-hydroxylation sites is 1. The number of fused-ring (bicyclic) bond motifs is 1. The normalized spacial score (nSPS) is 12.8. The van der Waals surface area contributed by atoms with Crippen molar-refractivity contribution in [2.45, 2.75) is 31.5 Å². The third kappa shape index (κ3) is 4.37. The van der Waals surface area contributed by atoms with E-state index in [1.54, 1.807) is 0 Å². The maximum Gasteiger partial charge on any atom is 0.231 e. The Labute approximate surface area is 173 Å². The fraction of sp³-hybridized carbons (Fsp3) is 0.286. The van der Waals surface area contributed by atoms with E-state index in [4.69, 9.17) is 9.47 Å². The minimum absolute atomic E-state index is 0.0465.